The average Bonchev–Trinajstić information content (AvgIpc) is 2.84. The summed E-state index contributed by atoms with van der Waals surface area (Å²) in [7, 11) is 0. The number of hydrogen-bond acceptors (Lipinski definition) is 3. The summed E-state index contributed by atoms with van der Waals surface area (Å²) < 4.78 is 5.78. The Labute approximate surface area is 124 Å². The summed E-state index contributed by atoms with van der Waals surface area (Å²) in [6, 6.07) is 4.99. The highest BCUT2D eigenvalue weighted by molar-refractivity contribution is 6.34. The van der Waals surface area contributed by atoms with Crippen molar-refractivity contribution in [2.24, 2.45) is 5.92 Å². The first kappa shape index (κ1) is 15.1. The van der Waals surface area contributed by atoms with Gasteiger partial charge >= 0.3 is 0 Å². The lowest BCUT2D eigenvalue weighted by Gasteiger charge is -2.18. The highest BCUT2D eigenvalue weighted by Crippen LogP contribution is 2.23. The van der Waals surface area contributed by atoms with Gasteiger partial charge in [0.1, 0.15) is 0 Å². The first-order valence-corrected chi connectivity index (χ1v) is 7.31. The number of benzene rings is 1. The van der Waals surface area contributed by atoms with Crippen LogP contribution in [0, 0.1) is 5.92 Å². The summed E-state index contributed by atoms with van der Waals surface area (Å²) in [6.07, 6.45) is 1.01. The fourth-order valence-corrected chi connectivity index (χ4v) is 2.52. The van der Waals surface area contributed by atoms with E-state index in [4.69, 9.17) is 22.1 Å². The molecule has 1 aromatic rings. The molecule has 4 nitrogen and oxygen atoms in total. The maximum absolute atomic E-state index is 12.4. The minimum absolute atomic E-state index is 0.0503. The topological polar surface area (TPSA) is 55.6 Å². The summed E-state index contributed by atoms with van der Waals surface area (Å²) in [5.74, 6) is 0.456. The van der Waals surface area contributed by atoms with E-state index in [2.05, 4.69) is 13.8 Å². The van der Waals surface area contributed by atoms with Gasteiger partial charge in [0.15, 0.2) is 0 Å². The Morgan fingerprint density at radius 3 is 2.95 bits per heavy atom. The molecular formula is C15H21ClN2O2. The zero-order valence-electron chi connectivity index (χ0n) is 11.9. The Kier molecular flexibility index (Phi) is 4.89. The lowest BCUT2D eigenvalue weighted by Crippen LogP contribution is -2.30. The van der Waals surface area contributed by atoms with Gasteiger partial charge in [-0.15, -0.1) is 0 Å². The zero-order chi connectivity index (χ0) is 14.7. The number of hydrogen-bond donors (Lipinski definition) is 1. The number of ether oxygens (including phenoxy) is 1. The van der Waals surface area contributed by atoms with E-state index in [0.717, 1.165) is 13.0 Å². The standard InChI is InChI=1S/C15H21ClN2O2/c1-10(2)9-20-12-5-6-18(8-12)15(19)13-4-3-11(17)7-14(13)16/h3-4,7,10,12H,5-6,8-9,17H2,1-2H3/t12-/m1/s1. The van der Waals surface area contributed by atoms with Crippen LogP contribution in [-0.2, 0) is 4.74 Å². The fraction of sp³-hybridized carbons (Fsp3) is 0.533. The number of rotatable bonds is 4. The summed E-state index contributed by atoms with van der Waals surface area (Å²) in [4.78, 5) is 14.2. The van der Waals surface area contributed by atoms with Crippen LogP contribution in [0.3, 0.4) is 0 Å². The molecule has 0 bridgehead atoms. The second-order valence-corrected chi connectivity index (χ2v) is 6.04. The van der Waals surface area contributed by atoms with E-state index in [1.807, 2.05) is 0 Å². The highest BCUT2D eigenvalue weighted by atomic mass is 35.5. The number of carbonyl (C=O) groups is 1. The molecule has 1 amide bonds. The van der Waals surface area contributed by atoms with Gasteiger partial charge in [0, 0.05) is 25.4 Å². The van der Waals surface area contributed by atoms with Gasteiger partial charge in [-0.05, 0) is 30.5 Å². The number of nitrogens with two attached hydrogens (primary N) is 1. The minimum Gasteiger partial charge on any atom is -0.399 e. The summed E-state index contributed by atoms with van der Waals surface area (Å²) in [6.45, 7) is 6.31. The number of nitrogens with zero attached hydrogens (tertiary/aromatic N) is 1. The molecule has 1 saturated heterocycles. The first-order chi connectivity index (χ1) is 9.47. The van der Waals surface area contributed by atoms with Gasteiger partial charge < -0.3 is 15.4 Å². The molecule has 0 unspecified atom stereocenters. The molecule has 1 heterocycles. The van der Waals surface area contributed by atoms with Crippen LogP contribution < -0.4 is 5.73 Å². The highest BCUT2D eigenvalue weighted by Gasteiger charge is 2.28. The van der Waals surface area contributed by atoms with Crippen molar-refractivity contribution in [3.63, 3.8) is 0 Å². The van der Waals surface area contributed by atoms with E-state index in [1.165, 1.54) is 0 Å². The van der Waals surface area contributed by atoms with E-state index < -0.39 is 0 Å². The number of carbonyl (C=O) groups excluding carboxylic acids is 1. The van der Waals surface area contributed by atoms with E-state index in [-0.39, 0.29) is 12.0 Å². The Balaban J connectivity index is 1.97. The van der Waals surface area contributed by atoms with E-state index >= 15 is 0 Å². The number of halogens is 1. The lowest BCUT2D eigenvalue weighted by atomic mass is 10.2. The molecule has 1 atom stereocenters. The third-order valence-electron chi connectivity index (χ3n) is 3.32. The molecule has 0 radical (unpaired) electrons. The van der Waals surface area contributed by atoms with Crippen molar-refractivity contribution in [1.29, 1.82) is 0 Å². The lowest BCUT2D eigenvalue weighted by molar-refractivity contribution is 0.0396. The normalized spacial score (nSPS) is 18.8. The van der Waals surface area contributed by atoms with Gasteiger partial charge in [-0.2, -0.15) is 0 Å². The minimum atomic E-state index is -0.0503. The zero-order valence-corrected chi connectivity index (χ0v) is 12.7. The third kappa shape index (κ3) is 3.64. The summed E-state index contributed by atoms with van der Waals surface area (Å²) >= 11 is 6.08. The predicted molar refractivity (Wildman–Crippen MR) is 81.0 cm³/mol. The van der Waals surface area contributed by atoms with E-state index in [1.54, 1.807) is 23.1 Å². The molecule has 1 aromatic carbocycles. The molecule has 2 rings (SSSR count). The van der Waals surface area contributed by atoms with Crippen molar-refractivity contribution in [3.8, 4) is 0 Å². The van der Waals surface area contributed by atoms with Gasteiger partial charge in [-0.25, -0.2) is 0 Å². The molecular weight excluding hydrogens is 276 g/mol. The van der Waals surface area contributed by atoms with Crippen LogP contribution in [0.25, 0.3) is 0 Å². The molecule has 20 heavy (non-hydrogen) atoms. The molecule has 110 valence electrons. The van der Waals surface area contributed by atoms with Crippen LogP contribution in [0.4, 0.5) is 5.69 Å². The number of amides is 1. The predicted octanol–water partition coefficient (Wildman–Crippen LogP) is 2.81. The number of anilines is 1. The SMILES string of the molecule is CC(C)CO[C@@H]1CCN(C(=O)c2ccc(N)cc2Cl)C1. The van der Waals surface area contributed by atoms with Gasteiger partial charge in [-0.1, -0.05) is 25.4 Å². The van der Waals surface area contributed by atoms with Crippen molar-refractivity contribution < 1.29 is 9.53 Å². The number of likely N-dealkylation sites (tertiary alicyclic amines) is 1. The van der Waals surface area contributed by atoms with Crippen LogP contribution in [0.1, 0.15) is 30.6 Å². The molecule has 0 aliphatic carbocycles. The van der Waals surface area contributed by atoms with Gasteiger partial charge in [0.25, 0.3) is 5.91 Å². The first-order valence-electron chi connectivity index (χ1n) is 6.93. The van der Waals surface area contributed by atoms with Gasteiger partial charge in [0.2, 0.25) is 0 Å². The van der Waals surface area contributed by atoms with Crippen LogP contribution in [0.2, 0.25) is 5.02 Å². The third-order valence-corrected chi connectivity index (χ3v) is 3.63. The maximum atomic E-state index is 12.4. The Bertz CT molecular complexity index is 491. The second-order valence-electron chi connectivity index (χ2n) is 5.63. The van der Waals surface area contributed by atoms with Crippen molar-refractivity contribution in [1.82, 2.24) is 4.90 Å². The van der Waals surface area contributed by atoms with Crippen LogP contribution in [-0.4, -0.2) is 36.6 Å². The van der Waals surface area contributed by atoms with Crippen molar-refractivity contribution in [2.75, 3.05) is 25.4 Å². The Morgan fingerprint density at radius 1 is 1.55 bits per heavy atom. The molecule has 5 heteroatoms. The summed E-state index contributed by atoms with van der Waals surface area (Å²) in [5.41, 5.74) is 6.71. The van der Waals surface area contributed by atoms with Crippen molar-refractivity contribution >= 4 is 23.2 Å². The maximum Gasteiger partial charge on any atom is 0.255 e. The second kappa shape index (κ2) is 6.46. The molecule has 1 fully saturated rings. The summed E-state index contributed by atoms with van der Waals surface area (Å²) in [5, 5.41) is 0.404. The van der Waals surface area contributed by atoms with Gasteiger partial charge in [0.05, 0.1) is 16.7 Å². The van der Waals surface area contributed by atoms with Crippen molar-refractivity contribution in [2.45, 2.75) is 26.4 Å². The molecule has 0 saturated carbocycles. The Hall–Kier alpha value is -1.26. The van der Waals surface area contributed by atoms with Gasteiger partial charge in [-0.3, -0.25) is 4.79 Å². The molecule has 0 spiro atoms. The number of nitrogen functional groups attached to an aromatic ring is 1. The molecule has 1 aliphatic rings. The van der Waals surface area contributed by atoms with E-state index in [9.17, 15) is 4.79 Å². The monoisotopic (exact) mass is 296 g/mol. The smallest absolute Gasteiger partial charge is 0.255 e. The van der Waals surface area contributed by atoms with E-state index in [0.29, 0.717) is 35.3 Å². The molecule has 0 aromatic heterocycles. The molecule has 1 aliphatic heterocycles. The van der Waals surface area contributed by atoms with Crippen LogP contribution >= 0.6 is 11.6 Å². The fourth-order valence-electron chi connectivity index (χ4n) is 2.25. The van der Waals surface area contributed by atoms with Crippen LogP contribution in [0.15, 0.2) is 18.2 Å². The molecule has 2 N–H and O–H groups in total. The van der Waals surface area contributed by atoms with Crippen LogP contribution in [0.5, 0.6) is 0 Å². The Morgan fingerprint density at radius 2 is 2.30 bits per heavy atom. The average molecular weight is 297 g/mol. The van der Waals surface area contributed by atoms with Crippen molar-refractivity contribution in [3.05, 3.63) is 28.8 Å². The largest absolute Gasteiger partial charge is 0.399 e. The quantitative estimate of drug-likeness (QED) is 0.869.